The minimum atomic E-state index is 0.0862. The Balaban J connectivity index is 2.35. The Bertz CT molecular complexity index is 537. The maximum absolute atomic E-state index is 11.4. The Labute approximate surface area is 111 Å². The maximum Gasteiger partial charge on any atom is 0.184 e. The quantitative estimate of drug-likeness (QED) is 0.483. The molecule has 0 saturated carbocycles. The topological polar surface area (TPSA) is 67.5 Å². The molecule has 0 atom stereocenters. The fourth-order valence-corrected chi connectivity index (χ4v) is 2.17. The zero-order chi connectivity index (χ0) is 13.1. The van der Waals surface area contributed by atoms with Gasteiger partial charge in [-0.3, -0.25) is 10.2 Å². The third-order valence-electron chi connectivity index (χ3n) is 2.98. The number of nitrogens with two attached hydrogens (primary N) is 1. The molecule has 94 valence electrons. The van der Waals surface area contributed by atoms with Crippen molar-refractivity contribution in [1.82, 2.24) is 5.43 Å². The lowest BCUT2D eigenvalue weighted by molar-refractivity contribution is 0.101. The molecule has 1 aromatic rings. The third kappa shape index (κ3) is 2.73. The summed E-state index contributed by atoms with van der Waals surface area (Å²) < 4.78 is 0. The van der Waals surface area contributed by atoms with Crippen LogP contribution in [0, 0.1) is 0 Å². The second-order valence-corrected chi connectivity index (χ2v) is 4.76. The highest BCUT2D eigenvalue weighted by Gasteiger charge is 2.16. The number of carbonyl (C=O) groups is 1. The van der Waals surface area contributed by atoms with Gasteiger partial charge in [0.1, 0.15) is 0 Å². The van der Waals surface area contributed by atoms with Gasteiger partial charge in [-0.15, -0.1) is 0 Å². The van der Waals surface area contributed by atoms with Gasteiger partial charge in [-0.05, 0) is 50.0 Å². The number of hydrogen-bond acceptors (Lipinski definition) is 3. The van der Waals surface area contributed by atoms with Crippen molar-refractivity contribution in [3.8, 4) is 0 Å². The summed E-state index contributed by atoms with van der Waals surface area (Å²) in [7, 11) is 0. The molecular formula is C13H15N3OS. The molecule has 2 rings (SSSR count). The first kappa shape index (κ1) is 12.7. The SMILES string of the molecule is CC(=O)c1ccc2c(c1)CCC/C2=N\NC(N)=S. The normalized spacial score (nSPS) is 16.2. The van der Waals surface area contributed by atoms with Crippen LogP contribution in [0.4, 0.5) is 0 Å². The van der Waals surface area contributed by atoms with E-state index in [2.05, 4.69) is 10.5 Å². The number of hydrogen-bond donors (Lipinski definition) is 2. The molecule has 0 saturated heterocycles. The Morgan fingerprint density at radius 3 is 2.89 bits per heavy atom. The molecule has 1 aromatic carbocycles. The Kier molecular flexibility index (Phi) is 3.72. The van der Waals surface area contributed by atoms with E-state index in [0.29, 0.717) is 0 Å². The van der Waals surface area contributed by atoms with E-state index in [4.69, 9.17) is 18.0 Å². The second kappa shape index (κ2) is 5.27. The molecule has 4 nitrogen and oxygen atoms in total. The molecule has 0 amide bonds. The van der Waals surface area contributed by atoms with Crippen LogP contribution in [0.2, 0.25) is 0 Å². The zero-order valence-electron chi connectivity index (χ0n) is 10.2. The number of hydrazone groups is 1. The van der Waals surface area contributed by atoms with Crippen LogP contribution in [-0.2, 0) is 6.42 Å². The van der Waals surface area contributed by atoms with E-state index < -0.39 is 0 Å². The lowest BCUT2D eigenvalue weighted by Gasteiger charge is -2.18. The summed E-state index contributed by atoms with van der Waals surface area (Å²) in [6.07, 6.45) is 2.89. The fraction of sp³-hybridized carbons (Fsp3) is 0.308. The van der Waals surface area contributed by atoms with E-state index in [1.807, 2.05) is 18.2 Å². The first-order chi connectivity index (χ1) is 8.58. The molecule has 5 heteroatoms. The van der Waals surface area contributed by atoms with Crippen molar-refractivity contribution < 1.29 is 4.79 Å². The maximum atomic E-state index is 11.4. The number of aryl methyl sites for hydroxylation is 1. The molecule has 0 unspecified atom stereocenters. The van der Waals surface area contributed by atoms with Gasteiger partial charge in [-0.2, -0.15) is 5.10 Å². The standard InChI is InChI=1S/C13H15N3OS/c1-8(17)9-5-6-11-10(7-9)3-2-4-12(11)15-16-13(14)18/h5-7H,2-4H2,1H3,(H3,14,16,18)/b15-12+. The van der Waals surface area contributed by atoms with E-state index in [-0.39, 0.29) is 10.9 Å². The van der Waals surface area contributed by atoms with Gasteiger partial charge in [0, 0.05) is 11.1 Å². The zero-order valence-corrected chi connectivity index (χ0v) is 11.0. The molecule has 18 heavy (non-hydrogen) atoms. The predicted molar refractivity (Wildman–Crippen MR) is 75.8 cm³/mol. The van der Waals surface area contributed by atoms with Crippen LogP contribution >= 0.6 is 12.2 Å². The molecule has 1 aliphatic carbocycles. The van der Waals surface area contributed by atoms with Crippen LogP contribution in [0.5, 0.6) is 0 Å². The Morgan fingerprint density at radius 1 is 1.44 bits per heavy atom. The summed E-state index contributed by atoms with van der Waals surface area (Å²) in [6, 6.07) is 5.74. The molecular weight excluding hydrogens is 246 g/mol. The molecule has 0 aromatic heterocycles. The van der Waals surface area contributed by atoms with Crippen LogP contribution in [0.3, 0.4) is 0 Å². The predicted octanol–water partition coefficient (Wildman–Crippen LogP) is 1.76. The van der Waals surface area contributed by atoms with Crippen LogP contribution < -0.4 is 11.2 Å². The number of Topliss-reactive ketones (excluding diaryl/α,β-unsaturated/α-hetero) is 1. The lowest BCUT2D eigenvalue weighted by atomic mass is 9.88. The van der Waals surface area contributed by atoms with E-state index >= 15 is 0 Å². The number of rotatable bonds is 2. The molecule has 0 fully saturated rings. The molecule has 0 heterocycles. The van der Waals surface area contributed by atoms with Crippen molar-refractivity contribution >= 4 is 28.8 Å². The van der Waals surface area contributed by atoms with Gasteiger partial charge in [-0.1, -0.05) is 12.1 Å². The minimum absolute atomic E-state index is 0.0862. The summed E-state index contributed by atoms with van der Waals surface area (Å²) in [5.74, 6) is 0.0862. The van der Waals surface area contributed by atoms with Gasteiger partial charge in [0.2, 0.25) is 0 Å². The summed E-state index contributed by atoms with van der Waals surface area (Å²) in [4.78, 5) is 11.4. The summed E-state index contributed by atoms with van der Waals surface area (Å²) in [5, 5.41) is 4.38. The van der Waals surface area contributed by atoms with E-state index in [1.165, 1.54) is 0 Å². The van der Waals surface area contributed by atoms with E-state index in [0.717, 1.165) is 41.7 Å². The van der Waals surface area contributed by atoms with Crippen molar-refractivity contribution in [2.24, 2.45) is 10.8 Å². The van der Waals surface area contributed by atoms with Crippen LogP contribution in [0.15, 0.2) is 23.3 Å². The lowest BCUT2D eigenvalue weighted by Crippen LogP contribution is -2.26. The fourth-order valence-electron chi connectivity index (χ4n) is 2.12. The van der Waals surface area contributed by atoms with Crippen molar-refractivity contribution in [2.75, 3.05) is 0 Å². The minimum Gasteiger partial charge on any atom is -0.375 e. The number of benzene rings is 1. The van der Waals surface area contributed by atoms with E-state index in [9.17, 15) is 4.79 Å². The van der Waals surface area contributed by atoms with Gasteiger partial charge < -0.3 is 5.73 Å². The monoisotopic (exact) mass is 261 g/mol. The van der Waals surface area contributed by atoms with Crippen molar-refractivity contribution in [2.45, 2.75) is 26.2 Å². The molecule has 3 N–H and O–H groups in total. The molecule has 0 bridgehead atoms. The van der Waals surface area contributed by atoms with Crippen molar-refractivity contribution in [3.63, 3.8) is 0 Å². The molecule has 0 spiro atoms. The largest absolute Gasteiger partial charge is 0.375 e. The Hall–Kier alpha value is -1.75. The van der Waals surface area contributed by atoms with Crippen LogP contribution in [-0.4, -0.2) is 16.6 Å². The van der Waals surface area contributed by atoms with Gasteiger partial charge >= 0.3 is 0 Å². The molecule has 0 aliphatic heterocycles. The highest BCUT2D eigenvalue weighted by molar-refractivity contribution is 7.80. The van der Waals surface area contributed by atoms with Crippen LogP contribution in [0.25, 0.3) is 0 Å². The number of fused-ring (bicyclic) bond motifs is 1. The highest BCUT2D eigenvalue weighted by Crippen LogP contribution is 2.23. The second-order valence-electron chi connectivity index (χ2n) is 4.32. The Morgan fingerprint density at radius 2 is 2.22 bits per heavy atom. The van der Waals surface area contributed by atoms with E-state index in [1.54, 1.807) is 6.92 Å². The third-order valence-corrected chi connectivity index (χ3v) is 3.07. The number of nitrogens with one attached hydrogen (secondary N) is 1. The van der Waals surface area contributed by atoms with Crippen LogP contribution in [0.1, 0.15) is 41.3 Å². The van der Waals surface area contributed by atoms with Gasteiger partial charge in [0.25, 0.3) is 0 Å². The van der Waals surface area contributed by atoms with Crippen molar-refractivity contribution in [3.05, 3.63) is 34.9 Å². The summed E-state index contributed by atoms with van der Waals surface area (Å²) in [5.41, 5.74) is 11.9. The number of nitrogens with zero attached hydrogens (tertiary/aromatic N) is 1. The first-order valence-electron chi connectivity index (χ1n) is 5.84. The highest BCUT2D eigenvalue weighted by atomic mass is 32.1. The number of ketones is 1. The van der Waals surface area contributed by atoms with Crippen molar-refractivity contribution in [1.29, 1.82) is 0 Å². The number of carbonyl (C=O) groups excluding carboxylic acids is 1. The molecule has 1 aliphatic rings. The summed E-state index contributed by atoms with van der Waals surface area (Å²) in [6.45, 7) is 1.58. The van der Waals surface area contributed by atoms with Gasteiger partial charge in [0.05, 0.1) is 5.71 Å². The average Bonchev–Trinajstić information content (AvgIpc) is 2.35. The first-order valence-corrected chi connectivity index (χ1v) is 6.25. The molecule has 0 radical (unpaired) electrons. The van der Waals surface area contributed by atoms with Gasteiger partial charge in [-0.25, -0.2) is 0 Å². The average molecular weight is 261 g/mol. The summed E-state index contributed by atoms with van der Waals surface area (Å²) >= 11 is 4.73. The smallest absolute Gasteiger partial charge is 0.184 e. The van der Waals surface area contributed by atoms with Gasteiger partial charge in [0.15, 0.2) is 10.9 Å². The number of thiocarbonyl (C=S) groups is 1.